The van der Waals surface area contributed by atoms with Crippen LogP contribution in [0.2, 0.25) is 0 Å². The van der Waals surface area contributed by atoms with Gasteiger partial charge < -0.3 is 13.7 Å². The number of fused-ring (bicyclic) bond motifs is 3. The number of hydrogen-bond acceptors (Lipinski definition) is 6. The molecule has 0 saturated carbocycles. The molecular formula is C18H18N2O4. The Morgan fingerprint density at radius 3 is 2.88 bits per heavy atom. The molecule has 124 valence electrons. The van der Waals surface area contributed by atoms with Crippen LogP contribution >= 0.6 is 0 Å². The highest BCUT2D eigenvalue weighted by molar-refractivity contribution is 5.83. The second-order valence-electron chi connectivity index (χ2n) is 6.35. The fourth-order valence-corrected chi connectivity index (χ4v) is 3.06. The minimum absolute atomic E-state index is 0.212. The molecule has 1 aromatic carbocycles. The van der Waals surface area contributed by atoms with Crippen LogP contribution in [-0.2, 0) is 19.4 Å². The first-order valence-electron chi connectivity index (χ1n) is 8.15. The lowest BCUT2D eigenvalue weighted by Crippen LogP contribution is -2.07. The first-order chi connectivity index (χ1) is 11.6. The Kier molecular flexibility index (Phi) is 3.59. The Bertz CT molecular complexity index is 955. The lowest BCUT2D eigenvalue weighted by Gasteiger charge is -2.07. The summed E-state index contributed by atoms with van der Waals surface area (Å²) in [5.41, 5.74) is 2.29. The molecule has 4 rings (SSSR count). The topological polar surface area (TPSA) is 78.4 Å². The van der Waals surface area contributed by atoms with Crippen molar-refractivity contribution >= 4 is 11.0 Å². The van der Waals surface area contributed by atoms with Crippen molar-refractivity contribution in [2.45, 2.75) is 45.6 Å². The van der Waals surface area contributed by atoms with Crippen LogP contribution in [-0.4, -0.2) is 10.1 Å². The standard InChI is InChI=1S/C18H18N2O4/c1-10(2)17-19-16(24-20-17)9-22-11-6-7-15-14(8-11)12-4-3-5-13(12)18(21)23-15/h6-8,10H,3-5,9H2,1-2H3. The van der Waals surface area contributed by atoms with Gasteiger partial charge in [-0.25, -0.2) is 4.79 Å². The van der Waals surface area contributed by atoms with Crippen molar-refractivity contribution in [3.63, 3.8) is 0 Å². The number of rotatable bonds is 4. The van der Waals surface area contributed by atoms with Crippen molar-refractivity contribution < 1.29 is 13.7 Å². The van der Waals surface area contributed by atoms with E-state index in [2.05, 4.69) is 10.1 Å². The zero-order valence-electron chi connectivity index (χ0n) is 13.7. The molecule has 2 aromatic heterocycles. The van der Waals surface area contributed by atoms with E-state index in [1.165, 1.54) is 0 Å². The van der Waals surface area contributed by atoms with Crippen LogP contribution in [0.15, 0.2) is 31.9 Å². The average Bonchev–Trinajstić information content (AvgIpc) is 3.23. The number of benzene rings is 1. The monoisotopic (exact) mass is 326 g/mol. The summed E-state index contributed by atoms with van der Waals surface area (Å²) in [7, 11) is 0. The molecule has 1 aliphatic rings. The van der Waals surface area contributed by atoms with Gasteiger partial charge in [0.05, 0.1) is 0 Å². The third-order valence-corrected chi connectivity index (χ3v) is 4.31. The third-order valence-electron chi connectivity index (χ3n) is 4.31. The number of aromatic nitrogens is 2. The van der Waals surface area contributed by atoms with Gasteiger partial charge in [-0.1, -0.05) is 19.0 Å². The van der Waals surface area contributed by atoms with E-state index in [0.29, 0.717) is 23.0 Å². The van der Waals surface area contributed by atoms with Gasteiger partial charge in [0.1, 0.15) is 11.3 Å². The maximum Gasteiger partial charge on any atom is 0.339 e. The van der Waals surface area contributed by atoms with Crippen molar-refractivity contribution in [1.29, 1.82) is 0 Å². The maximum atomic E-state index is 12.0. The van der Waals surface area contributed by atoms with Crippen molar-refractivity contribution in [3.05, 3.63) is 51.5 Å². The molecule has 2 heterocycles. The van der Waals surface area contributed by atoms with Gasteiger partial charge in [0.15, 0.2) is 12.4 Å². The van der Waals surface area contributed by atoms with Crippen LogP contribution in [0, 0.1) is 0 Å². The first-order valence-corrected chi connectivity index (χ1v) is 8.15. The molecule has 0 radical (unpaired) electrons. The largest absolute Gasteiger partial charge is 0.484 e. The van der Waals surface area contributed by atoms with Gasteiger partial charge in [-0.2, -0.15) is 4.98 Å². The van der Waals surface area contributed by atoms with Gasteiger partial charge >= 0.3 is 5.63 Å². The molecule has 0 bridgehead atoms. The highest BCUT2D eigenvalue weighted by atomic mass is 16.5. The summed E-state index contributed by atoms with van der Waals surface area (Å²) in [6, 6.07) is 5.48. The summed E-state index contributed by atoms with van der Waals surface area (Å²) < 4.78 is 16.3. The summed E-state index contributed by atoms with van der Waals surface area (Å²) in [6.45, 7) is 4.23. The summed E-state index contributed by atoms with van der Waals surface area (Å²) in [6.07, 6.45) is 2.69. The predicted molar refractivity (Wildman–Crippen MR) is 87.2 cm³/mol. The Labute approximate surface area is 138 Å². The lowest BCUT2D eigenvalue weighted by atomic mass is 10.1. The van der Waals surface area contributed by atoms with Crippen LogP contribution in [0.4, 0.5) is 0 Å². The molecule has 24 heavy (non-hydrogen) atoms. The molecule has 6 nitrogen and oxygen atoms in total. The van der Waals surface area contributed by atoms with E-state index in [1.54, 1.807) is 12.1 Å². The molecule has 1 aliphatic carbocycles. The fourth-order valence-electron chi connectivity index (χ4n) is 3.06. The molecule has 0 spiro atoms. The molecular weight excluding hydrogens is 308 g/mol. The highest BCUT2D eigenvalue weighted by Gasteiger charge is 2.20. The molecule has 0 aliphatic heterocycles. The maximum absolute atomic E-state index is 12.0. The van der Waals surface area contributed by atoms with E-state index in [-0.39, 0.29) is 18.2 Å². The fraction of sp³-hybridized carbons (Fsp3) is 0.389. The van der Waals surface area contributed by atoms with E-state index in [4.69, 9.17) is 13.7 Å². The average molecular weight is 326 g/mol. The summed E-state index contributed by atoms with van der Waals surface area (Å²) in [5, 5.41) is 4.87. The zero-order valence-corrected chi connectivity index (χ0v) is 13.7. The van der Waals surface area contributed by atoms with Crippen molar-refractivity contribution in [2.24, 2.45) is 0 Å². The number of nitrogens with zero attached hydrogens (tertiary/aromatic N) is 2. The molecule has 0 saturated heterocycles. The van der Waals surface area contributed by atoms with Crippen molar-refractivity contribution in [2.75, 3.05) is 0 Å². The van der Waals surface area contributed by atoms with E-state index < -0.39 is 0 Å². The quantitative estimate of drug-likeness (QED) is 0.684. The van der Waals surface area contributed by atoms with Gasteiger partial charge in [-0.15, -0.1) is 0 Å². The van der Waals surface area contributed by atoms with Crippen LogP contribution in [0.5, 0.6) is 5.75 Å². The lowest BCUT2D eigenvalue weighted by molar-refractivity contribution is 0.242. The summed E-state index contributed by atoms with van der Waals surface area (Å²) in [4.78, 5) is 16.2. The third kappa shape index (κ3) is 2.58. The Morgan fingerprint density at radius 2 is 2.08 bits per heavy atom. The summed E-state index contributed by atoms with van der Waals surface area (Å²) in [5.74, 6) is 2.03. The minimum Gasteiger partial charge on any atom is -0.484 e. The zero-order chi connectivity index (χ0) is 16.7. The predicted octanol–water partition coefficient (Wildman–Crippen LogP) is 3.37. The van der Waals surface area contributed by atoms with Crippen LogP contribution in [0.3, 0.4) is 0 Å². The van der Waals surface area contributed by atoms with Gasteiger partial charge in [0, 0.05) is 16.9 Å². The molecule has 6 heteroatoms. The molecule has 0 amide bonds. The molecule has 0 fully saturated rings. The normalized spacial score (nSPS) is 13.6. The number of aryl methyl sites for hydroxylation is 1. The Hall–Kier alpha value is -2.63. The van der Waals surface area contributed by atoms with Gasteiger partial charge in [0.25, 0.3) is 5.89 Å². The van der Waals surface area contributed by atoms with Crippen LogP contribution in [0.1, 0.15) is 49.0 Å². The molecule has 3 aromatic rings. The Balaban J connectivity index is 1.61. The van der Waals surface area contributed by atoms with Crippen LogP contribution < -0.4 is 10.4 Å². The Morgan fingerprint density at radius 1 is 1.25 bits per heavy atom. The van der Waals surface area contributed by atoms with Crippen LogP contribution in [0.25, 0.3) is 11.0 Å². The number of ether oxygens (including phenoxy) is 1. The van der Waals surface area contributed by atoms with Gasteiger partial charge in [-0.3, -0.25) is 0 Å². The molecule has 0 unspecified atom stereocenters. The second kappa shape index (κ2) is 5.78. The SMILES string of the molecule is CC(C)c1noc(COc2ccc3oc(=O)c4c(c3c2)CCC4)n1. The molecule has 0 N–H and O–H groups in total. The van der Waals surface area contributed by atoms with E-state index in [0.717, 1.165) is 35.8 Å². The van der Waals surface area contributed by atoms with Crippen molar-refractivity contribution in [1.82, 2.24) is 10.1 Å². The smallest absolute Gasteiger partial charge is 0.339 e. The minimum atomic E-state index is -0.212. The molecule has 0 atom stereocenters. The van der Waals surface area contributed by atoms with E-state index >= 15 is 0 Å². The van der Waals surface area contributed by atoms with E-state index in [1.807, 2.05) is 19.9 Å². The highest BCUT2D eigenvalue weighted by Crippen LogP contribution is 2.30. The summed E-state index contributed by atoms with van der Waals surface area (Å²) >= 11 is 0. The second-order valence-corrected chi connectivity index (χ2v) is 6.35. The first kappa shape index (κ1) is 14.9. The van der Waals surface area contributed by atoms with Gasteiger partial charge in [0.2, 0.25) is 0 Å². The van der Waals surface area contributed by atoms with Gasteiger partial charge in [-0.05, 0) is 43.0 Å². The number of hydrogen-bond donors (Lipinski definition) is 0. The van der Waals surface area contributed by atoms with E-state index in [9.17, 15) is 4.79 Å². The van der Waals surface area contributed by atoms with Crippen molar-refractivity contribution in [3.8, 4) is 5.75 Å².